The summed E-state index contributed by atoms with van der Waals surface area (Å²) in [5, 5.41) is 15.0. The van der Waals surface area contributed by atoms with Crippen LogP contribution in [-0.4, -0.2) is 29.2 Å². The SMILES string of the molecule is N#Cc1ccc(OC2CCC(NC(=O)NC3CCCCC3)CC2)nc1. The fraction of sp³-hybridized carbons (Fsp3) is 0.632. The van der Waals surface area contributed by atoms with Crippen molar-refractivity contribution in [3.8, 4) is 11.9 Å². The van der Waals surface area contributed by atoms with Crippen molar-refractivity contribution in [2.24, 2.45) is 0 Å². The first-order valence-corrected chi connectivity index (χ1v) is 9.33. The van der Waals surface area contributed by atoms with Crippen molar-refractivity contribution < 1.29 is 9.53 Å². The summed E-state index contributed by atoms with van der Waals surface area (Å²) < 4.78 is 5.88. The maximum absolute atomic E-state index is 12.1. The van der Waals surface area contributed by atoms with Gasteiger partial charge in [0.1, 0.15) is 12.2 Å². The summed E-state index contributed by atoms with van der Waals surface area (Å²) in [7, 11) is 0. The number of aromatic nitrogens is 1. The Morgan fingerprint density at radius 2 is 1.72 bits per heavy atom. The maximum atomic E-state index is 12.1. The van der Waals surface area contributed by atoms with Crippen LogP contribution >= 0.6 is 0 Å². The summed E-state index contributed by atoms with van der Waals surface area (Å²) in [6.07, 6.45) is 11.2. The van der Waals surface area contributed by atoms with Crippen LogP contribution in [0.3, 0.4) is 0 Å². The Kier molecular flexibility index (Phi) is 6.10. The molecule has 2 N–H and O–H groups in total. The van der Waals surface area contributed by atoms with Crippen LogP contribution in [0.15, 0.2) is 18.3 Å². The minimum absolute atomic E-state index is 0.0231. The van der Waals surface area contributed by atoms with E-state index in [-0.39, 0.29) is 18.2 Å². The van der Waals surface area contributed by atoms with E-state index in [1.54, 1.807) is 12.1 Å². The Bertz CT molecular complexity index is 597. The third-order valence-corrected chi connectivity index (χ3v) is 5.10. The largest absolute Gasteiger partial charge is 0.474 e. The molecule has 2 saturated carbocycles. The Hall–Kier alpha value is -2.29. The molecule has 0 bridgehead atoms. The monoisotopic (exact) mass is 342 g/mol. The molecule has 2 aliphatic carbocycles. The summed E-state index contributed by atoms with van der Waals surface area (Å²) in [5.41, 5.74) is 0.532. The molecule has 1 aromatic heterocycles. The maximum Gasteiger partial charge on any atom is 0.315 e. The number of carbonyl (C=O) groups excluding carboxylic acids is 1. The fourth-order valence-electron chi connectivity index (χ4n) is 3.67. The van der Waals surface area contributed by atoms with Gasteiger partial charge in [0.2, 0.25) is 5.88 Å². The van der Waals surface area contributed by atoms with E-state index in [1.807, 2.05) is 6.07 Å². The van der Waals surface area contributed by atoms with E-state index in [1.165, 1.54) is 25.5 Å². The summed E-state index contributed by atoms with van der Waals surface area (Å²) in [6, 6.07) is 6.04. The molecule has 3 rings (SSSR count). The van der Waals surface area contributed by atoms with Gasteiger partial charge in [0.15, 0.2) is 0 Å². The van der Waals surface area contributed by atoms with E-state index in [4.69, 9.17) is 10.00 Å². The van der Waals surface area contributed by atoms with Crippen LogP contribution in [-0.2, 0) is 0 Å². The highest BCUT2D eigenvalue weighted by Gasteiger charge is 2.24. The molecule has 1 heterocycles. The number of ether oxygens (including phenoxy) is 1. The van der Waals surface area contributed by atoms with Crippen molar-refractivity contribution in [3.63, 3.8) is 0 Å². The molecule has 0 spiro atoms. The van der Waals surface area contributed by atoms with Gasteiger partial charge in [0, 0.05) is 24.3 Å². The normalized spacial score (nSPS) is 24.1. The fourth-order valence-corrected chi connectivity index (χ4v) is 3.67. The number of carbonyl (C=O) groups is 1. The first-order valence-electron chi connectivity index (χ1n) is 9.33. The molecule has 6 heteroatoms. The number of nitrogens with zero attached hydrogens (tertiary/aromatic N) is 2. The Labute approximate surface area is 149 Å². The lowest BCUT2D eigenvalue weighted by Crippen LogP contribution is -2.48. The highest BCUT2D eigenvalue weighted by molar-refractivity contribution is 5.74. The zero-order valence-electron chi connectivity index (χ0n) is 14.5. The number of pyridine rings is 1. The van der Waals surface area contributed by atoms with Gasteiger partial charge in [-0.15, -0.1) is 0 Å². The third kappa shape index (κ3) is 5.35. The molecule has 0 atom stereocenters. The molecule has 0 aliphatic heterocycles. The number of hydrogen-bond donors (Lipinski definition) is 2. The number of nitriles is 1. The molecule has 2 amide bonds. The summed E-state index contributed by atoms with van der Waals surface area (Å²) in [4.78, 5) is 16.3. The molecular formula is C19H26N4O2. The predicted octanol–water partition coefficient (Wildman–Crippen LogP) is 3.28. The second-order valence-corrected chi connectivity index (χ2v) is 7.04. The van der Waals surface area contributed by atoms with E-state index in [2.05, 4.69) is 15.6 Å². The highest BCUT2D eigenvalue weighted by Crippen LogP contribution is 2.23. The lowest BCUT2D eigenvalue weighted by Gasteiger charge is -2.30. The van der Waals surface area contributed by atoms with Crippen molar-refractivity contribution in [1.82, 2.24) is 15.6 Å². The van der Waals surface area contributed by atoms with Gasteiger partial charge < -0.3 is 15.4 Å². The summed E-state index contributed by atoms with van der Waals surface area (Å²) >= 11 is 0. The smallest absolute Gasteiger partial charge is 0.315 e. The van der Waals surface area contributed by atoms with Gasteiger partial charge in [0.25, 0.3) is 0 Å². The van der Waals surface area contributed by atoms with Gasteiger partial charge in [-0.25, -0.2) is 9.78 Å². The Balaban J connectivity index is 1.37. The van der Waals surface area contributed by atoms with Gasteiger partial charge in [-0.3, -0.25) is 0 Å². The number of rotatable bonds is 4. The van der Waals surface area contributed by atoms with Gasteiger partial charge in [0.05, 0.1) is 5.56 Å². The second kappa shape index (κ2) is 8.70. The molecule has 0 saturated heterocycles. The minimum atomic E-state index is -0.0231. The van der Waals surface area contributed by atoms with Crippen molar-refractivity contribution in [3.05, 3.63) is 23.9 Å². The summed E-state index contributed by atoms with van der Waals surface area (Å²) in [6.45, 7) is 0. The average Bonchev–Trinajstić information content (AvgIpc) is 2.65. The van der Waals surface area contributed by atoms with E-state index in [0.717, 1.165) is 38.5 Å². The van der Waals surface area contributed by atoms with Gasteiger partial charge in [-0.05, 0) is 44.6 Å². The zero-order chi connectivity index (χ0) is 17.5. The van der Waals surface area contributed by atoms with Crippen molar-refractivity contribution in [2.75, 3.05) is 0 Å². The number of amides is 2. The Morgan fingerprint density at radius 1 is 1.04 bits per heavy atom. The molecule has 0 radical (unpaired) electrons. The molecule has 1 aromatic rings. The number of nitrogens with one attached hydrogen (secondary N) is 2. The second-order valence-electron chi connectivity index (χ2n) is 7.04. The van der Waals surface area contributed by atoms with Crippen LogP contribution in [0.1, 0.15) is 63.4 Å². The van der Waals surface area contributed by atoms with Crippen LogP contribution in [0.2, 0.25) is 0 Å². The van der Waals surface area contributed by atoms with E-state index >= 15 is 0 Å². The topological polar surface area (TPSA) is 87.0 Å². The Morgan fingerprint density at radius 3 is 2.32 bits per heavy atom. The van der Waals surface area contributed by atoms with E-state index < -0.39 is 0 Å². The summed E-state index contributed by atoms with van der Waals surface area (Å²) in [5.74, 6) is 0.561. The van der Waals surface area contributed by atoms with Gasteiger partial charge in [-0.2, -0.15) is 5.26 Å². The standard InChI is InChI=1S/C19H26N4O2/c20-12-14-6-11-18(21-13-14)25-17-9-7-16(8-10-17)23-19(24)22-15-4-2-1-3-5-15/h6,11,13,15-17H,1-5,7-10H2,(H2,22,23,24). The lowest BCUT2D eigenvalue weighted by molar-refractivity contribution is 0.134. The zero-order valence-corrected chi connectivity index (χ0v) is 14.5. The molecule has 0 unspecified atom stereocenters. The van der Waals surface area contributed by atoms with Gasteiger partial charge in [-0.1, -0.05) is 19.3 Å². The lowest BCUT2D eigenvalue weighted by atomic mass is 9.93. The molecule has 2 aliphatic rings. The molecule has 2 fully saturated rings. The molecule has 25 heavy (non-hydrogen) atoms. The van der Waals surface area contributed by atoms with Crippen molar-refractivity contribution >= 4 is 6.03 Å². The first kappa shape index (κ1) is 17.5. The van der Waals surface area contributed by atoms with E-state index in [9.17, 15) is 4.79 Å². The average molecular weight is 342 g/mol. The number of urea groups is 1. The minimum Gasteiger partial charge on any atom is -0.474 e. The van der Waals surface area contributed by atoms with Crippen LogP contribution in [0.25, 0.3) is 0 Å². The highest BCUT2D eigenvalue weighted by atomic mass is 16.5. The van der Waals surface area contributed by atoms with Crippen LogP contribution in [0, 0.1) is 11.3 Å². The number of hydrogen-bond acceptors (Lipinski definition) is 4. The van der Waals surface area contributed by atoms with Crippen LogP contribution < -0.4 is 15.4 Å². The molecule has 134 valence electrons. The molecule has 0 aromatic carbocycles. The first-order chi connectivity index (χ1) is 12.2. The molecular weight excluding hydrogens is 316 g/mol. The van der Waals surface area contributed by atoms with E-state index in [0.29, 0.717) is 17.5 Å². The quantitative estimate of drug-likeness (QED) is 0.879. The molecule has 6 nitrogen and oxygen atoms in total. The van der Waals surface area contributed by atoms with Crippen molar-refractivity contribution in [1.29, 1.82) is 5.26 Å². The van der Waals surface area contributed by atoms with Crippen LogP contribution in [0.4, 0.5) is 4.79 Å². The van der Waals surface area contributed by atoms with Crippen LogP contribution in [0.5, 0.6) is 5.88 Å². The van der Waals surface area contributed by atoms with Crippen molar-refractivity contribution in [2.45, 2.75) is 76.0 Å². The third-order valence-electron chi connectivity index (χ3n) is 5.10. The van der Waals surface area contributed by atoms with Gasteiger partial charge >= 0.3 is 6.03 Å². The predicted molar refractivity (Wildman–Crippen MR) is 94.2 cm³/mol.